The number of nitrogens with one attached hydrogen (secondary N) is 1. The molecular formula is C23H27N3O3. The molecule has 2 atom stereocenters. The van der Waals surface area contributed by atoms with E-state index >= 15 is 0 Å². The SMILES string of the molecule is Cc1ccc(C(CC(=O)OC(C)C)NC(=O)C(C)n2cnc3ccccc32)cc1. The molecule has 1 heterocycles. The maximum absolute atomic E-state index is 13.0. The molecule has 0 saturated carbocycles. The van der Waals surface area contributed by atoms with Crippen LogP contribution in [0.1, 0.15) is 50.4 Å². The molecule has 0 fully saturated rings. The number of aryl methyl sites for hydroxylation is 1. The van der Waals surface area contributed by atoms with Crippen molar-refractivity contribution in [2.75, 3.05) is 0 Å². The molecule has 2 aromatic carbocycles. The summed E-state index contributed by atoms with van der Waals surface area (Å²) in [6, 6.07) is 14.5. The first-order valence-corrected chi connectivity index (χ1v) is 9.83. The van der Waals surface area contributed by atoms with Crippen LogP contribution in [-0.4, -0.2) is 27.5 Å². The van der Waals surface area contributed by atoms with Gasteiger partial charge in [0.05, 0.1) is 35.9 Å². The molecule has 0 spiro atoms. The lowest BCUT2D eigenvalue weighted by Gasteiger charge is -2.22. The van der Waals surface area contributed by atoms with E-state index in [4.69, 9.17) is 4.74 Å². The van der Waals surface area contributed by atoms with E-state index in [0.29, 0.717) is 0 Å². The second-order valence-electron chi connectivity index (χ2n) is 7.53. The fraction of sp³-hybridized carbons (Fsp3) is 0.348. The minimum Gasteiger partial charge on any atom is -0.463 e. The van der Waals surface area contributed by atoms with E-state index in [0.717, 1.165) is 22.2 Å². The van der Waals surface area contributed by atoms with Gasteiger partial charge in [-0.1, -0.05) is 42.0 Å². The van der Waals surface area contributed by atoms with Crippen molar-refractivity contribution in [3.05, 3.63) is 66.0 Å². The van der Waals surface area contributed by atoms with Gasteiger partial charge >= 0.3 is 5.97 Å². The number of ether oxygens (including phenoxy) is 1. The summed E-state index contributed by atoms with van der Waals surface area (Å²) in [5, 5.41) is 3.02. The molecule has 0 aliphatic rings. The van der Waals surface area contributed by atoms with Crippen LogP contribution in [-0.2, 0) is 14.3 Å². The van der Waals surface area contributed by atoms with Gasteiger partial charge in [0.25, 0.3) is 0 Å². The topological polar surface area (TPSA) is 73.2 Å². The molecule has 0 aliphatic carbocycles. The highest BCUT2D eigenvalue weighted by atomic mass is 16.5. The minimum atomic E-state index is -0.475. The number of rotatable bonds is 7. The summed E-state index contributed by atoms with van der Waals surface area (Å²) >= 11 is 0. The van der Waals surface area contributed by atoms with E-state index < -0.39 is 12.1 Å². The summed E-state index contributed by atoms with van der Waals surface area (Å²) in [4.78, 5) is 29.7. The number of carbonyl (C=O) groups is 2. The second kappa shape index (κ2) is 8.90. The molecule has 0 saturated heterocycles. The van der Waals surface area contributed by atoms with E-state index in [1.807, 2.05) is 80.8 Å². The Morgan fingerprint density at radius 2 is 1.76 bits per heavy atom. The first kappa shape index (κ1) is 20.6. The van der Waals surface area contributed by atoms with Crippen LogP contribution < -0.4 is 5.32 Å². The summed E-state index contributed by atoms with van der Waals surface area (Å²) in [6.07, 6.45) is 1.54. The molecule has 152 valence electrons. The van der Waals surface area contributed by atoms with Gasteiger partial charge in [0.1, 0.15) is 6.04 Å². The molecule has 1 aromatic heterocycles. The van der Waals surface area contributed by atoms with Gasteiger partial charge in [-0.15, -0.1) is 0 Å². The number of imidazole rings is 1. The average Bonchev–Trinajstić information content (AvgIpc) is 3.11. The van der Waals surface area contributed by atoms with Crippen LogP contribution in [0.25, 0.3) is 11.0 Å². The van der Waals surface area contributed by atoms with E-state index in [9.17, 15) is 9.59 Å². The third-order valence-corrected chi connectivity index (χ3v) is 4.81. The average molecular weight is 393 g/mol. The van der Waals surface area contributed by atoms with Crippen LogP contribution in [0, 0.1) is 6.92 Å². The zero-order valence-corrected chi connectivity index (χ0v) is 17.3. The number of nitrogens with zero attached hydrogens (tertiary/aromatic N) is 2. The Kier molecular flexibility index (Phi) is 6.32. The largest absolute Gasteiger partial charge is 0.463 e. The zero-order chi connectivity index (χ0) is 21.0. The summed E-state index contributed by atoms with van der Waals surface area (Å²) < 4.78 is 7.13. The molecule has 6 heteroatoms. The third kappa shape index (κ3) is 5.02. The lowest BCUT2D eigenvalue weighted by molar-refractivity contribution is -0.148. The van der Waals surface area contributed by atoms with Crippen LogP contribution in [0.15, 0.2) is 54.9 Å². The van der Waals surface area contributed by atoms with Gasteiger partial charge in [-0.2, -0.15) is 0 Å². The zero-order valence-electron chi connectivity index (χ0n) is 17.3. The Bertz CT molecular complexity index is 992. The van der Waals surface area contributed by atoms with E-state index in [-0.39, 0.29) is 24.4 Å². The van der Waals surface area contributed by atoms with Crippen molar-refractivity contribution < 1.29 is 14.3 Å². The summed E-state index contributed by atoms with van der Waals surface area (Å²) in [5.41, 5.74) is 3.71. The number of hydrogen-bond donors (Lipinski definition) is 1. The van der Waals surface area contributed by atoms with Gasteiger partial charge in [0.2, 0.25) is 5.91 Å². The van der Waals surface area contributed by atoms with Crippen molar-refractivity contribution in [2.45, 2.75) is 52.3 Å². The normalized spacial score (nSPS) is 13.3. The molecule has 1 N–H and O–H groups in total. The maximum Gasteiger partial charge on any atom is 0.308 e. The van der Waals surface area contributed by atoms with E-state index in [1.54, 1.807) is 6.33 Å². The number of amides is 1. The minimum absolute atomic E-state index is 0.0738. The standard InChI is InChI=1S/C23H27N3O3/c1-15(2)29-22(27)13-20(18-11-9-16(3)10-12-18)25-23(28)17(4)26-14-24-19-7-5-6-8-21(19)26/h5-12,14-15,17,20H,13H2,1-4H3,(H,25,28). The predicted octanol–water partition coefficient (Wildman–Crippen LogP) is 4.10. The number of para-hydroxylation sites is 2. The first-order valence-electron chi connectivity index (χ1n) is 9.83. The lowest BCUT2D eigenvalue weighted by Crippen LogP contribution is -2.35. The number of aromatic nitrogens is 2. The van der Waals surface area contributed by atoms with Crippen LogP contribution in [0.5, 0.6) is 0 Å². The lowest BCUT2D eigenvalue weighted by atomic mass is 10.0. The summed E-state index contributed by atoms with van der Waals surface area (Å²) in [5.74, 6) is -0.525. The molecule has 0 bridgehead atoms. The Labute approximate surface area is 170 Å². The van der Waals surface area contributed by atoms with Crippen molar-refractivity contribution in [1.82, 2.24) is 14.9 Å². The number of fused-ring (bicyclic) bond motifs is 1. The molecular weight excluding hydrogens is 366 g/mol. The third-order valence-electron chi connectivity index (χ3n) is 4.81. The number of esters is 1. The van der Waals surface area contributed by atoms with Crippen molar-refractivity contribution in [3.63, 3.8) is 0 Å². The Balaban J connectivity index is 1.81. The fourth-order valence-corrected chi connectivity index (χ4v) is 3.23. The van der Waals surface area contributed by atoms with Gasteiger partial charge in [-0.05, 0) is 45.4 Å². The molecule has 29 heavy (non-hydrogen) atoms. The van der Waals surface area contributed by atoms with Gasteiger partial charge < -0.3 is 14.6 Å². The number of carbonyl (C=O) groups excluding carboxylic acids is 2. The Morgan fingerprint density at radius 1 is 1.07 bits per heavy atom. The van der Waals surface area contributed by atoms with Crippen molar-refractivity contribution in [3.8, 4) is 0 Å². The molecule has 0 aliphatic heterocycles. The predicted molar refractivity (Wildman–Crippen MR) is 112 cm³/mol. The number of benzene rings is 2. The molecule has 3 aromatic rings. The Hall–Kier alpha value is -3.15. The van der Waals surface area contributed by atoms with Crippen LogP contribution in [0.3, 0.4) is 0 Å². The van der Waals surface area contributed by atoms with Crippen molar-refractivity contribution in [1.29, 1.82) is 0 Å². The molecule has 2 unspecified atom stereocenters. The summed E-state index contributed by atoms with van der Waals surface area (Å²) in [6.45, 7) is 7.44. The highest BCUT2D eigenvalue weighted by Gasteiger charge is 2.24. The van der Waals surface area contributed by atoms with Crippen molar-refractivity contribution >= 4 is 22.9 Å². The highest BCUT2D eigenvalue weighted by Crippen LogP contribution is 2.22. The molecule has 0 radical (unpaired) electrons. The molecule has 1 amide bonds. The van der Waals surface area contributed by atoms with Crippen molar-refractivity contribution in [2.24, 2.45) is 0 Å². The van der Waals surface area contributed by atoms with E-state index in [1.165, 1.54) is 0 Å². The van der Waals surface area contributed by atoms with E-state index in [2.05, 4.69) is 10.3 Å². The smallest absolute Gasteiger partial charge is 0.308 e. The monoisotopic (exact) mass is 393 g/mol. The number of hydrogen-bond acceptors (Lipinski definition) is 4. The highest BCUT2D eigenvalue weighted by molar-refractivity contribution is 5.84. The fourth-order valence-electron chi connectivity index (χ4n) is 3.23. The maximum atomic E-state index is 13.0. The molecule has 6 nitrogen and oxygen atoms in total. The van der Waals surface area contributed by atoms with Crippen LogP contribution in [0.2, 0.25) is 0 Å². The Morgan fingerprint density at radius 3 is 2.45 bits per heavy atom. The van der Waals surface area contributed by atoms with Crippen LogP contribution >= 0.6 is 0 Å². The summed E-state index contributed by atoms with van der Waals surface area (Å²) in [7, 11) is 0. The van der Waals surface area contributed by atoms with Gasteiger partial charge in [-0.25, -0.2) is 4.98 Å². The van der Waals surface area contributed by atoms with Gasteiger partial charge in [0, 0.05) is 0 Å². The quantitative estimate of drug-likeness (QED) is 0.613. The van der Waals surface area contributed by atoms with Gasteiger partial charge in [-0.3, -0.25) is 9.59 Å². The molecule has 3 rings (SSSR count). The van der Waals surface area contributed by atoms with Gasteiger partial charge in [0.15, 0.2) is 0 Å². The van der Waals surface area contributed by atoms with Crippen LogP contribution in [0.4, 0.5) is 0 Å². The first-order chi connectivity index (χ1) is 13.8. The second-order valence-corrected chi connectivity index (χ2v) is 7.53.